The Hall–Kier alpha value is -1.96. The third-order valence-corrected chi connectivity index (χ3v) is 4.12. The fourth-order valence-corrected chi connectivity index (χ4v) is 3.03. The van der Waals surface area contributed by atoms with Gasteiger partial charge in [-0.05, 0) is 48.2 Å². The molecule has 0 aliphatic rings. The minimum atomic E-state index is -0.0594. The molecule has 2 heteroatoms. The fraction of sp³-hybridized carbons (Fsp3) is 0.333. The normalized spacial score (nSPS) is 11.5. The van der Waals surface area contributed by atoms with Crippen molar-refractivity contribution in [3.05, 3.63) is 59.7 Å². The van der Waals surface area contributed by atoms with Gasteiger partial charge in [0.15, 0.2) is 0 Å². The van der Waals surface area contributed by atoms with Crippen LogP contribution < -0.4 is 0 Å². The first-order chi connectivity index (χ1) is 9.62. The largest absolute Gasteiger partial charge is 0.508 e. The van der Waals surface area contributed by atoms with E-state index >= 15 is 0 Å². The Labute approximate surface area is 120 Å². The van der Waals surface area contributed by atoms with Crippen LogP contribution in [0.5, 0.6) is 11.5 Å². The van der Waals surface area contributed by atoms with E-state index in [9.17, 15) is 10.2 Å². The lowest BCUT2D eigenvalue weighted by molar-refractivity contribution is 0.443. The van der Waals surface area contributed by atoms with Crippen molar-refractivity contribution < 1.29 is 10.2 Å². The minimum Gasteiger partial charge on any atom is -0.508 e. The van der Waals surface area contributed by atoms with Crippen LogP contribution in [0.3, 0.4) is 0 Å². The molecule has 106 valence electrons. The first-order valence-electron chi connectivity index (χ1n) is 7.21. The highest BCUT2D eigenvalue weighted by atomic mass is 16.3. The van der Waals surface area contributed by atoms with Gasteiger partial charge >= 0.3 is 0 Å². The molecule has 0 bridgehead atoms. The van der Waals surface area contributed by atoms with Crippen molar-refractivity contribution in [3.8, 4) is 11.5 Å². The number of benzene rings is 2. The fourth-order valence-electron chi connectivity index (χ4n) is 3.03. The maximum atomic E-state index is 9.50. The zero-order valence-electron chi connectivity index (χ0n) is 12.1. The predicted octanol–water partition coefficient (Wildman–Crippen LogP) is 4.59. The molecule has 0 aliphatic heterocycles. The van der Waals surface area contributed by atoms with Gasteiger partial charge in [-0.3, -0.25) is 0 Å². The average Bonchev–Trinajstić information content (AvgIpc) is 2.47. The van der Waals surface area contributed by atoms with Crippen LogP contribution in [0.2, 0.25) is 0 Å². The number of phenolic OH excluding ortho intramolecular Hbond substituents is 2. The average molecular weight is 270 g/mol. The SMILES string of the molecule is CCCC(CC)(c1ccc(O)cc1)c1ccc(O)cc1. The van der Waals surface area contributed by atoms with Gasteiger partial charge in [-0.25, -0.2) is 0 Å². The van der Waals surface area contributed by atoms with Gasteiger partial charge in [0.05, 0.1) is 0 Å². The van der Waals surface area contributed by atoms with Crippen molar-refractivity contribution in [3.63, 3.8) is 0 Å². The number of hydrogen-bond donors (Lipinski definition) is 2. The van der Waals surface area contributed by atoms with Crippen LogP contribution in [-0.4, -0.2) is 10.2 Å². The third-order valence-electron chi connectivity index (χ3n) is 4.12. The lowest BCUT2D eigenvalue weighted by atomic mass is 9.69. The Morgan fingerprint density at radius 2 is 1.15 bits per heavy atom. The van der Waals surface area contributed by atoms with Gasteiger partial charge in [0.1, 0.15) is 11.5 Å². The van der Waals surface area contributed by atoms with E-state index in [1.165, 1.54) is 11.1 Å². The van der Waals surface area contributed by atoms with Gasteiger partial charge < -0.3 is 10.2 Å². The van der Waals surface area contributed by atoms with Gasteiger partial charge in [-0.2, -0.15) is 0 Å². The summed E-state index contributed by atoms with van der Waals surface area (Å²) in [6, 6.07) is 15.0. The highest BCUT2D eigenvalue weighted by Crippen LogP contribution is 2.40. The molecule has 0 amide bonds. The molecule has 2 nitrogen and oxygen atoms in total. The van der Waals surface area contributed by atoms with E-state index in [2.05, 4.69) is 13.8 Å². The Morgan fingerprint density at radius 1 is 0.750 bits per heavy atom. The number of aromatic hydroxyl groups is 2. The van der Waals surface area contributed by atoms with Crippen LogP contribution in [0.1, 0.15) is 44.2 Å². The second-order valence-electron chi connectivity index (χ2n) is 5.28. The lowest BCUT2D eigenvalue weighted by Gasteiger charge is -2.34. The summed E-state index contributed by atoms with van der Waals surface area (Å²) in [6.45, 7) is 4.38. The summed E-state index contributed by atoms with van der Waals surface area (Å²) < 4.78 is 0. The number of hydrogen-bond acceptors (Lipinski definition) is 2. The Bertz CT molecular complexity index is 495. The van der Waals surface area contributed by atoms with Crippen LogP contribution in [0.4, 0.5) is 0 Å². The van der Waals surface area contributed by atoms with Crippen LogP contribution in [0.25, 0.3) is 0 Å². The Kier molecular flexibility index (Phi) is 4.33. The molecule has 20 heavy (non-hydrogen) atoms. The van der Waals surface area contributed by atoms with Gasteiger partial charge in [-0.1, -0.05) is 44.5 Å². The number of rotatable bonds is 5. The Morgan fingerprint density at radius 3 is 1.45 bits per heavy atom. The highest BCUT2D eigenvalue weighted by molar-refractivity contribution is 5.42. The molecule has 0 unspecified atom stereocenters. The molecule has 0 atom stereocenters. The molecule has 0 radical (unpaired) electrons. The first-order valence-corrected chi connectivity index (χ1v) is 7.21. The summed E-state index contributed by atoms with van der Waals surface area (Å²) in [4.78, 5) is 0. The molecule has 2 N–H and O–H groups in total. The molecule has 0 heterocycles. The summed E-state index contributed by atoms with van der Waals surface area (Å²) in [5.41, 5.74) is 2.37. The third kappa shape index (κ3) is 2.64. The van der Waals surface area contributed by atoms with Crippen molar-refractivity contribution in [2.75, 3.05) is 0 Å². The smallest absolute Gasteiger partial charge is 0.115 e. The zero-order valence-corrected chi connectivity index (χ0v) is 12.1. The highest BCUT2D eigenvalue weighted by Gasteiger charge is 2.31. The number of phenols is 2. The second kappa shape index (κ2) is 6.00. The van der Waals surface area contributed by atoms with Crippen LogP contribution in [0.15, 0.2) is 48.5 Å². The predicted molar refractivity (Wildman–Crippen MR) is 82.2 cm³/mol. The lowest BCUT2D eigenvalue weighted by Crippen LogP contribution is -2.26. The maximum Gasteiger partial charge on any atom is 0.115 e. The maximum absolute atomic E-state index is 9.50. The molecular formula is C18H22O2. The van der Waals surface area contributed by atoms with Gasteiger partial charge in [0.2, 0.25) is 0 Å². The van der Waals surface area contributed by atoms with E-state index in [4.69, 9.17) is 0 Å². The Balaban J connectivity index is 2.54. The van der Waals surface area contributed by atoms with Gasteiger partial charge in [0, 0.05) is 5.41 Å². The van der Waals surface area contributed by atoms with Gasteiger partial charge in [-0.15, -0.1) is 0 Å². The molecule has 0 saturated carbocycles. The topological polar surface area (TPSA) is 40.5 Å². The van der Waals surface area contributed by atoms with E-state index in [0.717, 1.165) is 19.3 Å². The monoisotopic (exact) mass is 270 g/mol. The summed E-state index contributed by atoms with van der Waals surface area (Å²) in [5, 5.41) is 19.0. The van der Waals surface area contributed by atoms with Crippen LogP contribution in [0, 0.1) is 0 Å². The molecule has 0 fully saturated rings. The van der Waals surface area contributed by atoms with Crippen molar-refractivity contribution in [2.45, 2.75) is 38.5 Å². The van der Waals surface area contributed by atoms with Crippen LogP contribution >= 0.6 is 0 Å². The standard InChI is InChI=1S/C18H22O2/c1-3-13-18(4-2,14-5-9-16(19)10-6-14)15-7-11-17(20)12-8-15/h5-12,19-20H,3-4,13H2,1-2H3. The van der Waals surface area contributed by atoms with Crippen molar-refractivity contribution in [1.82, 2.24) is 0 Å². The molecule has 0 aliphatic carbocycles. The van der Waals surface area contributed by atoms with Crippen LogP contribution in [-0.2, 0) is 5.41 Å². The molecule has 0 spiro atoms. The molecule has 2 aromatic carbocycles. The molecule has 2 rings (SSSR count). The van der Waals surface area contributed by atoms with Crippen molar-refractivity contribution in [2.24, 2.45) is 0 Å². The van der Waals surface area contributed by atoms with E-state index in [0.29, 0.717) is 11.5 Å². The first kappa shape index (κ1) is 14.4. The quantitative estimate of drug-likeness (QED) is 0.834. The molecular weight excluding hydrogens is 248 g/mol. The van der Waals surface area contributed by atoms with E-state index < -0.39 is 0 Å². The molecule has 0 aromatic heterocycles. The van der Waals surface area contributed by atoms with E-state index in [-0.39, 0.29) is 5.41 Å². The molecule has 2 aromatic rings. The summed E-state index contributed by atoms with van der Waals surface area (Å²) in [5.74, 6) is 0.585. The van der Waals surface area contributed by atoms with Crippen molar-refractivity contribution in [1.29, 1.82) is 0 Å². The van der Waals surface area contributed by atoms with Gasteiger partial charge in [0.25, 0.3) is 0 Å². The zero-order chi connectivity index (χ0) is 14.6. The minimum absolute atomic E-state index is 0.0594. The van der Waals surface area contributed by atoms with Crippen molar-refractivity contribution >= 4 is 0 Å². The summed E-state index contributed by atoms with van der Waals surface area (Å²) in [6.07, 6.45) is 3.10. The molecule has 0 saturated heterocycles. The van der Waals surface area contributed by atoms with E-state index in [1.807, 2.05) is 24.3 Å². The second-order valence-corrected chi connectivity index (χ2v) is 5.28. The summed E-state index contributed by atoms with van der Waals surface area (Å²) in [7, 11) is 0. The van der Waals surface area contributed by atoms with E-state index in [1.54, 1.807) is 24.3 Å². The summed E-state index contributed by atoms with van der Waals surface area (Å²) >= 11 is 0.